The highest BCUT2D eigenvalue weighted by atomic mass is 19.1. The van der Waals surface area contributed by atoms with Gasteiger partial charge < -0.3 is 19.9 Å². The fraction of sp³-hybridized carbons (Fsp3) is 0.588. The number of morpholine rings is 1. The zero-order valence-electron chi connectivity index (χ0n) is 13.7. The van der Waals surface area contributed by atoms with Crippen LogP contribution in [0.15, 0.2) is 18.2 Å². The highest BCUT2D eigenvalue weighted by Gasteiger charge is 2.24. The van der Waals surface area contributed by atoms with E-state index in [4.69, 9.17) is 4.74 Å². The van der Waals surface area contributed by atoms with Gasteiger partial charge in [0.2, 0.25) is 0 Å². The number of hydrogen-bond donors (Lipinski definition) is 1. The summed E-state index contributed by atoms with van der Waals surface area (Å²) in [5.74, 6) is -0.314. The quantitative estimate of drug-likeness (QED) is 0.910. The van der Waals surface area contributed by atoms with Gasteiger partial charge in [0.05, 0.1) is 17.9 Å². The van der Waals surface area contributed by atoms with E-state index in [2.05, 4.69) is 5.32 Å². The first kappa shape index (κ1) is 16.1. The summed E-state index contributed by atoms with van der Waals surface area (Å²) in [4.78, 5) is 15.8. The third-order valence-electron chi connectivity index (χ3n) is 4.35. The molecule has 0 bridgehead atoms. The number of nitrogens with zero attached hydrogens (tertiary/aromatic N) is 2. The van der Waals surface area contributed by atoms with Gasteiger partial charge in [0.25, 0.3) is 0 Å². The molecule has 126 valence electrons. The molecule has 2 saturated heterocycles. The van der Waals surface area contributed by atoms with E-state index in [-0.39, 0.29) is 24.1 Å². The van der Waals surface area contributed by atoms with Crippen LogP contribution in [-0.2, 0) is 4.74 Å². The van der Waals surface area contributed by atoms with Crippen LogP contribution in [0.2, 0.25) is 0 Å². The van der Waals surface area contributed by atoms with E-state index >= 15 is 0 Å². The van der Waals surface area contributed by atoms with Crippen LogP contribution in [0, 0.1) is 5.82 Å². The standard InChI is InChI=1S/C17H24FN3O2/c1-12-10-21(11-13(2)23-12)16-6-5-14(9-15(16)18)19-17(22)20-7-3-4-8-20/h5-6,9,12-13H,3-4,7-8,10-11H2,1-2H3,(H,19,22). The molecule has 23 heavy (non-hydrogen) atoms. The molecule has 6 heteroatoms. The summed E-state index contributed by atoms with van der Waals surface area (Å²) in [6, 6.07) is 4.74. The monoisotopic (exact) mass is 321 g/mol. The number of carbonyl (C=O) groups excluding carboxylic acids is 1. The third kappa shape index (κ3) is 3.75. The molecule has 3 rings (SSSR count). The van der Waals surface area contributed by atoms with Crippen molar-refractivity contribution in [3.8, 4) is 0 Å². The second-order valence-electron chi connectivity index (χ2n) is 6.45. The van der Waals surface area contributed by atoms with Gasteiger partial charge in [-0.15, -0.1) is 0 Å². The van der Waals surface area contributed by atoms with Crippen molar-refractivity contribution in [2.75, 3.05) is 36.4 Å². The molecule has 2 atom stereocenters. The lowest BCUT2D eigenvalue weighted by Crippen LogP contribution is -2.45. The zero-order chi connectivity index (χ0) is 16.4. The molecule has 1 N–H and O–H groups in total. The number of nitrogens with one attached hydrogen (secondary N) is 1. The summed E-state index contributed by atoms with van der Waals surface area (Å²) in [6.45, 7) is 6.86. The number of ether oxygens (including phenoxy) is 1. The number of halogens is 1. The van der Waals surface area contributed by atoms with Crippen molar-refractivity contribution in [2.45, 2.75) is 38.9 Å². The summed E-state index contributed by atoms with van der Waals surface area (Å²) < 4.78 is 20.2. The zero-order valence-corrected chi connectivity index (χ0v) is 13.7. The number of urea groups is 1. The molecule has 2 fully saturated rings. The van der Waals surface area contributed by atoms with Gasteiger partial charge in [0, 0.05) is 31.9 Å². The molecular formula is C17H24FN3O2. The number of anilines is 2. The minimum Gasteiger partial charge on any atom is -0.372 e. The van der Waals surface area contributed by atoms with Crippen LogP contribution in [0.25, 0.3) is 0 Å². The minimum atomic E-state index is -0.314. The first-order chi connectivity index (χ1) is 11.0. The van der Waals surface area contributed by atoms with Crippen LogP contribution in [0.1, 0.15) is 26.7 Å². The van der Waals surface area contributed by atoms with Crippen molar-refractivity contribution < 1.29 is 13.9 Å². The van der Waals surface area contributed by atoms with Gasteiger partial charge in [-0.05, 0) is 44.9 Å². The topological polar surface area (TPSA) is 44.8 Å². The van der Waals surface area contributed by atoms with Gasteiger partial charge in [0.15, 0.2) is 0 Å². The normalized spacial score (nSPS) is 24.8. The van der Waals surface area contributed by atoms with E-state index in [1.165, 1.54) is 6.07 Å². The van der Waals surface area contributed by atoms with E-state index in [0.717, 1.165) is 25.9 Å². The first-order valence-corrected chi connectivity index (χ1v) is 8.29. The van der Waals surface area contributed by atoms with Gasteiger partial charge in [-0.3, -0.25) is 0 Å². The number of hydrogen-bond acceptors (Lipinski definition) is 3. The predicted octanol–water partition coefficient (Wildman–Crippen LogP) is 3.07. The van der Waals surface area contributed by atoms with Crippen LogP contribution in [0.4, 0.5) is 20.6 Å². The third-order valence-corrected chi connectivity index (χ3v) is 4.35. The molecule has 1 aromatic rings. The lowest BCUT2D eigenvalue weighted by Gasteiger charge is -2.37. The summed E-state index contributed by atoms with van der Waals surface area (Å²) in [6.07, 6.45) is 2.22. The number of amides is 2. The number of benzene rings is 1. The average Bonchev–Trinajstić information content (AvgIpc) is 3.00. The molecule has 0 aliphatic carbocycles. The summed E-state index contributed by atoms with van der Waals surface area (Å²) in [7, 11) is 0. The minimum absolute atomic E-state index is 0.0766. The molecule has 5 nitrogen and oxygen atoms in total. The number of carbonyl (C=O) groups is 1. The molecular weight excluding hydrogens is 297 g/mol. The van der Waals surface area contributed by atoms with Crippen LogP contribution in [0.5, 0.6) is 0 Å². The molecule has 0 aromatic heterocycles. The molecule has 0 spiro atoms. The van der Waals surface area contributed by atoms with E-state index < -0.39 is 0 Å². The molecule has 2 heterocycles. The molecule has 1 aromatic carbocycles. The van der Waals surface area contributed by atoms with Gasteiger partial charge >= 0.3 is 6.03 Å². The Balaban J connectivity index is 1.69. The van der Waals surface area contributed by atoms with Crippen molar-refractivity contribution in [1.82, 2.24) is 4.90 Å². The van der Waals surface area contributed by atoms with Gasteiger partial charge in [-0.2, -0.15) is 0 Å². The maximum atomic E-state index is 14.5. The lowest BCUT2D eigenvalue weighted by atomic mass is 10.2. The van der Waals surface area contributed by atoms with Gasteiger partial charge in [0.1, 0.15) is 5.82 Å². The average molecular weight is 321 g/mol. The molecule has 0 radical (unpaired) electrons. The van der Waals surface area contributed by atoms with E-state index in [1.54, 1.807) is 17.0 Å². The van der Waals surface area contributed by atoms with Crippen LogP contribution < -0.4 is 10.2 Å². The fourth-order valence-corrected chi connectivity index (χ4v) is 3.34. The molecule has 2 unspecified atom stereocenters. The van der Waals surface area contributed by atoms with Crippen molar-refractivity contribution in [3.63, 3.8) is 0 Å². The fourth-order valence-electron chi connectivity index (χ4n) is 3.34. The van der Waals surface area contributed by atoms with Crippen molar-refractivity contribution in [1.29, 1.82) is 0 Å². The second-order valence-corrected chi connectivity index (χ2v) is 6.45. The maximum absolute atomic E-state index is 14.5. The molecule has 2 amide bonds. The Morgan fingerprint density at radius 1 is 1.22 bits per heavy atom. The summed E-state index contributed by atoms with van der Waals surface area (Å²) in [5.41, 5.74) is 1.06. The second kappa shape index (κ2) is 6.74. The Hall–Kier alpha value is -1.82. The van der Waals surface area contributed by atoms with Gasteiger partial charge in [-0.1, -0.05) is 0 Å². The van der Waals surface area contributed by atoms with Crippen LogP contribution in [-0.4, -0.2) is 49.3 Å². The Morgan fingerprint density at radius 2 is 1.87 bits per heavy atom. The lowest BCUT2D eigenvalue weighted by molar-refractivity contribution is -0.00539. The van der Waals surface area contributed by atoms with Crippen LogP contribution >= 0.6 is 0 Å². The molecule has 2 aliphatic heterocycles. The van der Waals surface area contributed by atoms with Crippen LogP contribution in [0.3, 0.4) is 0 Å². The summed E-state index contributed by atoms with van der Waals surface area (Å²) >= 11 is 0. The van der Waals surface area contributed by atoms with E-state index in [9.17, 15) is 9.18 Å². The number of rotatable bonds is 2. The molecule has 0 saturated carbocycles. The largest absolute Gasteiger partial charge is 0.372 e. The molecule has 2 aliphatic rings. The summed E-state index contributed by atoms with van der Waals surface area (Å²) in [5, 5.41) is 2.78. The Kier molecular flexibility index (Phi) is 4.71. The Morgan fingerprint density at radius 3 is 2.48 bits per heavy atom. The smallest absolute Gasteiger partial charge is 0.321 e. The van der Waals surface area contributed by atoms with Crippen molar-refractivity contribution in [2.24, 2.45) is 0 Å². The predicted molar refractivity (Wildman–Crippen MR) is 88.4 cm³/mol. The number of likely N-dealkylation sites (tertiary alicyclic amines) is 1. The highest BCUT2D eigenvalue weighted by molar-refractivity contribution is 5.89. The highest BCUT2D eigenvalue weighted by Crippen LogP contribution is 2.26. The first-order valence-electron chi connectivity index (χ1n) is 8.29. The Labute approximate surface area is 136 Å². The van der Waals surface area contributed by atoms with Gasteiger partial charge in [-0.25, -0.2) is 9.18 Å². The van der Waals surface area contributed by atoms with Crippen molar-refractivity contribution in [3.05, 3.63) is 24.0 Å². The maximum Gasteiger partial charge on any atom is 0.321 e. The van der Waals surface area contributed by atoms with E-state index in [1.807, 2.05) is 18.7 Å². The van der Waals surface area contributed by atoms with Crippen molar-refractivity contribution >= 4 is 17.4 Å². The SMILES string of the molecule is CC1CN(c2ccc(NC(=O)N3CCCC3)cc2F)CC(C)O1. The Bertz CT molecular complexity index is 565. The van der Waals surface area contributed by atoms with E-state index in [0.29, 0.717) is 24.5 Å².